The minimum absolute atomic E-state index is 0.0436. The van der Waals surface area contributed by atoms with E-state index in [-0.39, 0.29) is 29.6 Å². The van der Waals surface area contributed by atoms with Gasteiger partial charge in [0.15, 0.2) is 18.3 Å². The van der Waals surface area contributed by atoms with Crippen LogP contribution < -0.4 is 25.4 Å². The number of carbonyl (C=O) groups is 1. The van der Waals surface area contributed by atoms with Crippen molar-refractivity contribution in [3.8, 4) is 5.75 Å². The van der Waals surface area contributed by atoms with E-state index in [0.29, 0.717) is 36.9 Å². The number of carboxylic acids is 1. The molecule has 0 saturated carbocycles. The van der Waals surface area contributed by atoms with Crippen LogP contribution in [0.4, 0.5) is 16.1 Å². The molecule has 0 aliphatic carbocycles. The highest BCUT2D eigenvalue weighted by Crippen LogP contribution is 2.41. The molecule has 0 radical (unpaired) electrons. The number of rotatable bonds is 4. The summed E-state index contributed by atoms with van der Waals surface area (Å²) in [6, 6.07) is 1.34. The van der Waals surface area contributed by atoms with Crippen molar-refractivity contribution in [3.63, 3.8) is 0 Å². The van der Waals surface area contributed by atoms with Gasteiger partial charge in [-0.2, -0.15) is 0 Å². The van der Waals surface area contributed by atoms with Gasteiger partial charge in [-0.15, -0.1) is 5.10 Å². The molecule has 3 aromatic rings. The Morgan fingerprint density at radius 1 is 1.39 bits per heavy atom. The number of pyridine rings is 1. The van der Waals surface area contributed by atoms with E-state index in [0.717, 1.165) is 6.07 Å². The molecular formula is C19H19FN6O5. The zero-order chi connectivity index (χ0) is 21.9. The Hall–Kier alpha value is -3.83. The number of carboxylic acid groups (broad SMARTS) is 1. The molecule has 1 saturated heterocycles. The number of anilines is 2. The number of nitrogens with one attached hydrogen (secondary N) is 1. The highest BCUT2D eigenvalue weighted by Gasteiger charge is 2.33. The molecule has 12 heteroatoms. The highest BCUT2D eigenvalue weighted by atomic mass is 19.1. The largest absolute Gasteiger partial charge is 0.477 e. The average molecular weight is 430 g/mol. The normalized spacial score (nSPS) is 17.8. The molecule has 11 nitrogen and oxygen atoms in total. The van der Waals surface area contributed by atoms with E-state index < -0.39 is 22.8 Å². The molecule has 2 aromatic heterocycles. The number of ether oxygens (including phenoxy) is 1. The lowest BCUT2D eigenvalue weighted by atomic mass is 10.1. The minimum atomic E-state index is -1.37. The fourth-order valence-corrected chi connectivity index (χ4v) is 4.08. The molecule has 0 bridgehead atoms. The van der Waals surface area contributed by atoms with Gasteiger partial charge in [0.1, 0.15) is 16.8 Å². The van der Waals surface area contributed by atoms with Crippen LogP contribution in [0.5, 0.6) is 5.75 Å². The second-order valence-corrected chi connectivity index (χ2v) is 7.59. The standard InChI is InChI=1S/C19H19FN6O5/c1-9-22-23-19(31-9)21-10-3-4-25(6-10)15-13(20)5-11-14-17(15)30-8-24(2)26(14)7-12(16(11)27)18(28)29/h5,7,10H,3-4,6,8H2,1-2H3,(H,21,23)(H,28,29). The first-order valence-electron chi connectivity index (χ1n) is 9.64. The number of aromatic nitrogens is 3. The topological polar surface area (TPSA) is 126 Å². The summed E-state index contributed by atoms with van der Waals surface area (Å²) in [7, 11) is 1.68. The molecule has 2 aliphatic heterocycles. The summed E-state index contributed by atoms with van der Waals surface area (Å²) in [5, 5.41) is 21.8. The molecule has 1 aromatic carbocycles. The van der Waals surface area contributed by atoms with Crippen LogP contribution >= 0.6 is 0 Å². The molecule has 0 spiro atoms. The summed E-state index contributed by atoms with van der Waals surface area (Å²) in [5.41, 5.74) is -0.608. The van der Waals surface area contributed by atoms with E-state index in [1.54, 1.807) is 19.0 Å². The monoisotopic (exact) mass is 430 g/mol. The van der Waals surface area contributed by atoms with Gasteiger partial charge in [0, 0.05) is 39.3 Å². The molecule has 5 rings (SSSR count). The summed E-state index contributed by atoms with van der Waals surface area (Å²) < 4.78 is 27.9. The number of nitrogens with zero attached hydrogens (tertiary/aromatic N) is 5. The van der Waals surface area contributed by atoms with Crippen LogP contribution in [0.25, 0.3) is 10.9 Å². The Morgan fingerprint density at radius 3 is 2.90 bits per heavy atom. The van der Waals surface area contributed by atoms with Crippen LogP contribution in [0.2, 0.25) is 0 Å². The van der Waals surface area contributed by atoms with Crippen LogP contribution in [-0.4, -0.2) is 58.9 Å². The quantitative estimate of drug-likeness (QED) is 0.622. The van der Waals surface area contributed by atoms with Crippen molar-refractivity contribution >= 4 is 28.6 Å². The first kappa shape index (κ1) is 19.2. The fourth-order valence-electron chi connectivity index (χ4n) is 4.08. The van der Waals surface area contributed by atoms with Crippen molar-refractivity contribution in [1.29, 1.82) is 0 Å². The van der Waals surface area contributed by atoms with Gasteiger partial charge in [0.2, 0.25) is 11.3 Å². The van der Waals surface area contributed by atoms with E-state index in [1.165, 1.54) is 10.9 Å². The lowest BCUT2D eigenvalue weighted by molar-refractivity contribution is 0.0694. The number of hydrogen-bond donors (Lipinski definition) is 2. The predicted molar refractivity (Wildman–Crippen MR) is 108 cm³/mol. The first-order chi connectivity index (χ1) is 14.8. The Labute approximate surface area is 174 Å². The smallest absolute Gasteiger partial charge is 0.341 e. The molecule has 1 unspecified atom stereocenters. The Kier molecular flexibility index (Phi) is 4.24. The van der Waals surface area contributed by atoms with Crippen molar-refractivity contribution in [2.75, 3.05) is 42.1 Å². The van der Waals surface area contributed by atoms with Crippen LogP contribution in [0.15, 0.2) is 21.5 Å². The summed E-state index contributed by atoms with van der Waals surface area (Å²) in [6.07, 6.45) is 1.94. The molecule has 31 heavy (non-hydrogen) atoms. The molecule has 2 aliphatic rings. The van der Waals surface area contributed by atoms with Crippen molar-refractivity contribution < 1.29 is 23.4 Å². The minimum Gasteiger partial charge on any atom is -0.477 e. The molecular weight excluding hydrogens is 411 g/mol. The molecule has 4 heterocycles. The summed E-state index contributed by atoms with van der Waals surface area (Å²) in [6.45, 7) is 2.75. The molecule has 162 valence electrons. The highest BCUT2D eigenvalue weighted by molar-refractivity contribution is 5.97. The van der Waals surface area contributed by atoms with E-state index in [1.807, 2.05) is 4.90 Å². The summed E-state index contributed by atoms with van der Waals surface area (Å²) in [5.74, 6) is -1.35. The second-order valence-electron chi connectivity index (χ2n) is 7.59. The van der Waals surface area contributed by atoms with Crippen LogP contribution in [-0.2, 0) is 0 Å². The van der Waals surface area contributed by atoms with E-state index in [9.17, 15) is 14.7 Å². The van der Waals surface area contributed by atoms with Gasteiger partial charge in [-0.1, -0.05) is 5.10 Å². The van der Waals surface area contributed by atoms with E-state index >= 15 is 4.39 Å². The molecule has 1 fully saturated rings. The van der Waals surface area contributed by atoms with Crippen molar-refractivity contribution in [2.45, 2.75) is 19.4 Å². The SMILES string of the molecule is Cc1nnc(NC2CCN(c3c(F)cc4c(=O)c(C(=O)O)cn5c4c3OCN5C)C2)o1. The Balaban J connectivity index is 1.58. The van der Waals surface area contributed by atoms with Crippen LogP contribution in [0.1, 0.15) is 22.7 Å². The zero-order valence-corrected chi connectivity index (χ0v) is 16.8. The Morgan fingerprint density at radius 2 is 2.19 bits per heavy atom. The van der Waals surface area contributed by atoms with Gasteiger partial charge in [0.25, 0.3) is 0 Å². The van der Waals surface area contributed by atoms with Gasteiger partial charge in [-0.25, -0.2) is 9.18 Å². The third-order valence-corrected chi connectivity index (χ3v) is 5.50. The molecule has 0 amide bonds. The maximum absolute atomic E-state index is 15.2. The number of aromatic carboxylic acids is 1. The van der Waals surface area contributed by atoms with E-state index in [2.05, 4.69) is 15.5 Å². The Bertz CT molecular complexity index is 1270. The van der Waals surface area contributed by atoms with Crippen molar-refractivity contribution in [3.05, 3.63) is 39.8 Å². The number of benzene rings is 1. The first-order valence-corrected chi connectivity index (χ1v) is 9.64. The maximum Gasteiger partial charge on any atom is 0.341 e. The van der Waals surface area contributed by atoms with Gasteiger partial charge in [-0.05, 0) is 12.5 Å². The predicted octanol–water partition coefficient (Wildman–Crippen LogP) is 1.14. The average Bonchev–Trinajstić information content (AvgIpc) is 3.34. The zero-order valence-electron chi connectivity index (χ0n) is 16.8. The lowest BCUT2D eigenvalue weighted by Gasteiger charge is -2.33. The van der Waals surface area contributed by atoms with E-state index in [4.69, 9.17) is 9.15 Å². The number of hydrogen-bond acceptors (Lipinski definition) is 9. The van der Waals surface area contributed by atoms with Gasteiger partial charge < -0.3 is 24.5 Å². The maximum atomic E-state index is 15.2. The summed E-state index contributed by atoms with van der Waals surface area (Å²) in [4.78, 5) is 26.0. The summed E-state index contributed by atoms with van der Waals surface area (Å²) >= 11 is 0. The molecule has 2 N–H and O–H groups in total. The lowest BCUT2D eigenvalue weighted by Crippen LogP contribution is -2.40. The van der Waals surface area contributed by atoms with Crippen molar-refractivity contribution in [2.24, 2.45) is 0 Å². The van der Waals surface area contributed by atoms with Crippen LogP contribution in [0, 0.1) is 12.7 Å². The van der Waals surface area contributed by atoms with Gasteiger partial charge >= 0.3 is 12.0 Å². The third kappa shape index (κ3) is 3.02. The second kappa shape index (κ2) is 6.86. The number of halogens is 1. The third-order valence-electron chi connectivity index (χ3n) is 5.50. The number of aryl methyl sites for hydroxylation is 1. The fraction of sp³-hybridized carbons (Fsp3) is 0.368. The van der Waals surface area contributed by atoms with Gasteiger partial charge in [0.05, 0.1) is 5.39 Å². The van der Waals surface area contributed by atoms with Crippen LogP contribution in [0.3, 0.4) is 0 Å². The van der Waals surface area contributed by atoms with Gasteiger partial charge in [-0.3, -0.25) is 14.5 Å². The molecule has 1 atom stereocenters. The van der Waals surface area contributed by atoms with Crippen molar-refractivity contribution in [1.82, 2.24) is 14.9 Å².